The lowest BCUT2D eigenvalue weighted by Gasteiger charge is -2.20. The van der Waals surface area contributed by atoms with Crippen molar-refractivity contribution in [2.24, 2.45) is 0 Å². The molecule has 2 amide bonds. The number of fused-ring (bicyclic) bond motifs is 1. The number of halogens is 1. The molecule has 7 heteroatoms. The fourth-order valence-corrected chi connectivity index (χ4v) is 3.26. The number of hydrogen-bond donors (Lipinski definition) is 2. The molecule has 0 saturated carbocycles. The van der Waals surface area contributed by atoms with Gasteiger partial charge in [0.15, 0.2) is 11.5 Å². The van der Waals surface area contributed by atoms with E-state index in [4.69, 9.17) is 21.1 Å². The Hall–Kier alpha value is -3.77. The topological polar surface area (TPSA) is 76.7 Å². The number of amides is 2. The van der Waals surface area contributed by atoms with Gasteiger partial charge in [-0.25, -0.2) is 0 Å². The highest BCUT2D eigenvalue weighted by atomic mass is 35.5. The third-order valence-electron chi connectivity index (χ3n) is 4.73. The number of carbonyl (C=O) groups excluding carboxylic acids is 2. The van der Waals surface area contributed by atoms with E-state index in [-0.39, 0.29) is 11.7 Å². The van der Waals surface area contributed by atoms with Crippen molar-refractivity contribution in [1.29, 1.82) is 0 Å². The fourth-order valence-electron chi connectivity index (χ4n) is 3.14. The lowest BCUT2D eigenvalue weighted by Crippen LogP contribution is -2.26. The van der Waals surface area contributed by atoms with E-state index < -0.39 is 5.91 Å². The van der Waals surface area contributed by atoms with Gasteiger partial charge in [0, 0.05) is 22.7 Å². The molecule has 1 heterocycles. The number of methoxy groups -OCH3 is 1. The molecule has 0 fully saturated rings. The molecule has 156 valence electrons. The molecule has 1 aliphatic rings. The Morgan fingerprint density at radius 1 is 1.13 bits per heavy atom. The van der Waals surface area contributed by atoms with E-state index in [9.17, 15) is 9.59 Å². The maximum Gasteiger partial charge on any atom is 0.291 e. The minimum absolute atomic E-state index is 0.156. The zero-order valence-corrected chi connectivity index (χ0v) is 17.4. The molecule has 0 saturated heterocycles. The number of hydrogen-bond acceptors (Lipinski definition) is 4. The maximum absolute atomic E-state index is 12.6. The number of anilines is 1. The van der Waals surface area contributed by atoms with Crippen molar-refractivity contribution in [3.63, 3.8) is 0 Å². The zero-order valence-electron chi connectivity index (χ0n) is 16.6. The Kier molecular flexibility index (Phi) is 5.91. The number of benzene rings is 3. The van der Waals surface area contributed by atoms with Crippen LogP contribution in [-0.2, 0) is 11.3 Å². The third kappa shape index (κ3) is 4.70. The van der Waals surface area contributed by atoms with Crippen molar-refractivity contribution in [2.45, 2.75) is 6.54 Å². The summed E-state index contributed by atoms with van der Waals surface area (Å²) in [5, 5.41) is 6.24. The predicted molar refractivity (Wildman–Crippen MR) is 119 cm³/mol. The number of ether oxygens (including phenoxy) is 2. The van der Waals surface area contributed by atoms with Crippen molar-refractivity contribution >= 4 is 35.2 Å². The van der Waals surface area contributed by atoms with Gasteiger partial charge in [0.1, 0.15) is 5.75 Å². The molecule has 4 rings (SSSR count). The molecule has 0 aliphatic carbocycles. The normalized spacial score (nSPS) is 13.7. The van der Waals surface area contributed by atoms with E-state index in [1.165, 1.54) is 0 Å². The summed E-state index contributed by atoms with van der Waals surface area (Å²) in [6, 6.07) is 19.4. The molecule has 0 radical (unpaired) electrons. The summed E-state index contributed by atoms with van der Waals surface area (Å²) < 4.78 is 11.0. The standard InChI is InChI=1S/C24H19ClN2O4/c1-30-20-5-3-2-4-17(20)14-26-23(28)16-8-11-21-19(13-16)27-24(29)22(31-21)12-15-6-9-18(25)10-7-15/h2-13H,14H2,1H3,(H,26,28)(H,27,29)/b22-12-. The van der Waals surface area contributed by atoms with Gasteiger partial charge in [-0.3, -0.25) is 9.59 Å². The summed E-state index contributed by atoms with van der Waals surface area (Å²) in [5.41, 5.74) is 2.49. The molecule has 0 aromatic heterocycles. The molecule has 3 aromatic rings. The largest absolute Gasteiger partial charge is 0.496 e. The second-order valence-electron chi connectivity index (χ2n) is 6.82. The number of para-hydroxylation sites is 1. The molecular weight excluding hydrogens is 416 g/mol. The van der Waals surface area contributed by atoms with Gasteiger partial charge < -0.3 is 20.1 Å². The Labute approximate surface area is 184 Å². The molecule has 3 aromatic carbocycles. The first-order valence-electron chi connectivity index (χ1n) is 9.54. The van der Waals surface area contributed by atoms with Gasteiger partial charge in [-0.15, -0.1) is 0 Å². The van der Waals surface area contributed by atoms with Crippen LogP contribution in [0.25, 0.3) is 6.08 Å². The van der Waals surface area contributed by atoms with Gasteiger partial charge in [-0.2, -0.15) is 0 Å². The Morgan fingerprint density at radius 3 is 2.68 bits per heavy atom. The Balaban J connectivity index is 1.48. The van der Waals surface area contributed by atoms with Crippen molar-refractivity contribution in [1.82, 2.24) is 5.32 Å². The minimum atomic E-state index is -0.394. The summed E-state index contributed by atoms with van der Waals surface area (Å²) in [6.07, 6.45) is 1.63. The Bertz CT molecular complexity index is 1170. The van der Waals surface area contributed by atoms with E-state index in [1.54, 1.807) is 55.7 Å². The second kappa shape index (κ2) is 8.93. The van der Waals surface area contributed by atoms with Crippen LogP contribution in [0.3, 0.4) is 0 Å². The van der Waals surface area contributed by atoms with Gasteiger partial charge >= 0.3 is 0 Å². The SMILES string of the molecule is COc1ccccc1CNC(=O)c1ccc2c(c1)NC(=O)/C(=C/c1ccc(Cl)cc1)O2. The van der Waals surface area contributed by atoms with Gasteiger partial charge in [0.05, 0.1) is 12.8 Å². The molecule has 0 unspecified atom stereocenters. The quantitative estimate of drug-likeness (QED) is 0.573. The summed E-state index contributed by atoms with van der Waals surface area (Å²) in [5.74, 6) is 0.651. The first-order chi connectivity index (χ1) is 15.0. The number of carbonyl (C=O) groups is 2. The summed E-state index contributed by atoms with van der Waals surface area (Å²) >= 11 is 5.89. The summed E-state index contributed by atoms with van der Waals surface area (Å²) in [7, 11) is 1.59. The molecule has 1 aliphatic heterocycles. The van der Waals surface area contributed by atoms with Gasteiger partial charge in [0.25, 0.3) is 11.8 Å². The molecule has 6 nitrogen and oxygen atoms in total. The first kappa shape index (κ1) is 20.5. The highest BCUT2D eigenvalue weighted by Crippen LogP contribution is 2.32. The highest BCUT2D eigenvalue weighted by Gasteiger charge is 2.23. The van der Waals surface area contributed by atoms with E-state index in [1.807, 2.05) is 24.3 Å². The fraction of sp³-hybridized carbons (Fsp3) is 0.0833. The minimum Gasteiger partial charge on any atom is -0.496 e. The van der Waals surface area contributed by atoms with Crippen molar-refractivity contribution in [3.8, 4) is 11.5 Å². The molecule has 0 spiro atoms. The van der Waals surface area contributed by atoms with Crippen molar-refractivity contribution in [2.75, 3.05) is 12.4 Å². The monoisotopic (exact) mass is 434 g/mol. The third-order valence-corrected chi connectivity index (χ3v) is 4.99. The van der Waals surface area contributed by atoms with Gasteiger partial charge in [0.2, 0.25) is 0 Å². The van der Waals surface area contributed by atoms with Crippen LogP contribution in [0.15, 0.2) is 72.5 Å². The molecular formula is C24H19ClN2O4. The molecule has 2 N–H and O–H groups in total. The zero-order chi connectivity index (χ0) is 21.8. The van der Waals surface area contributed by atoms with E-state index in [2.05, 4.69) is 10.6 Å². The summed E-state index contributed by atoms with van der Waals surface area (Å²) in [4.78, 5) is 25.0. The van der Waals surface area contributed by atoms with Crippen LogP contribution in [0.2, 0.25) is 5.02 Å². The molecule has 0 atom stereocenters. The van der Waals surface area contributed by atoms with Crippen LogP contribution >= 0.6 is 11.6 Å². The predicted octanol–water partition coefficient (Wildman–Crippen LogP) is 4.65. The van der Waals surface area contributed by atoms with E-state index >= 15 is 0 Å². The average Bonchev–Trinajstić information content (AvgIpc) is 2.79. The van der Waals surface area contributed by atoms with Crippen LogP contribution in [0, 0.1) is 0 Å². The first-order valence-corrected chi connectivity index (χ1v) is 9.92. The number of rotatable bonds is 5. The van der Waals surface area contributed by atoms with Crippen LogP contribution in [0.4, 0.5) is 5.69 Å². The van der Waals surface area contributed by atoms with Crippen LogP contribution < -0.4 is 20.1 Å². The van der Waals surface area contributed by atoms with Crippen LogP contribution in [0.1, 0.15) is 21.5 Å². The van der Waals surface area contributed by atoms with Gasteiger partial charge in [-0.1, -0.05) is 41.9 Å². The lowest BCUT2D eigenvalue weighted by molar-refractivity contribution is -0.115. The second-order valence-corrected chi connectivity index (χ2v) is 7.26. The highest BCUT2D eigenvalue weighted by molar-refractivity contribution is 6.30. The van der Waals surface area contributed by atoms with Crippen LogP contribution in [0.5, 0.6) is 11.5 Å². The molecule has 0 bridgehead atoms. The lowest BCUT2D eigenvalue weighted by atomic mass is 10.1. The van der Waals surface area contributed by atoms with Gasteiger partial charge in [-0.05, 0) is 48.0 Å². The van der Waals surface area contributed by atoms with Crippen molar-refractivity contribution < 1.29 is 19.1 Å². The van der Waals surface area contributed by atoms with E-state index in [0.29, 0.717) is 34.3 Å². The van der Waals surface area contributed by atoms with Crippen LogP contribution in [-0.4, -0.2) is 18.9 Å². The average molecular weight is 435 g/mol. The summed E-state index contributed by atoms with van der Waals surface area (Å²) in [6.45, 7) is 0.316. The maximum atomic E-state index is 12.6. The number of nitrogens with one attached hydrogen (secondary N) is 2. The molecule has 31 heavy (non-hydrogen) atoms. The Morgan fingerprint density at radius 2 is 1.90 bits per heavy atom. The van der Waals surface area contributed by atoms with Crippen molar-refractivity contribution in [3.05, 3.63) is 94.2 Å². The smallest absolute Gasteiger partial charge is 0.291 e. The van der Waals surface area contributed by atoms with E-state index in [0.717, 1.165) is 11.1 Å².